The zero-order valence-corrected chi connectivity index (χ0v) is 14.3. The SMILES string of the molecule is C=CCN(Cc1ccc(Cl)s1)C(=O)CCC(CC)CCN. The summed E-state index contributed by atoms with van der Waals surface area (Å²) >= 11 is 7.46. The molecule has 1 aromatic rings. The molecule has 2 N–H and O–H groups in total. The van der Waals surface area contributed by atoms with Crippen molar-refractivity contribution in [3.05, 3.63) is 34.0 Å². The summed E-state index contributed by atoms with van der Waals surface area (Å²) in [5, 5.41) is 0. The van der Waals surface area contributed by atoms with Crippen molar-refractivity contribution in [3.63, 3.8) is 0 Å². The number of carbonyl (C=O) groups excluding carboxylic acids is 1. The van der Waals surface area contributed by atoms with Crippen molar-refractivity contribution in [1.82, 2.24) is 4.90 Å². The summed E-state index contributed by atoms with van der Waals surface area (Å²) in [5.41, 5.74) is 5.60. The Kier molecular flexibility index (Phi) is 8.66. The van der Waals surface area contributed by atoms with Gasteiger partial charge < -0.3 is 10.6 Å². The monoisotopic (exact) mass is 328 g/mol. The third kappa shape index (κ3) is 6.64. The van der Waals surface area contributed by atoms with Gasteiger partial charge in [0.15, 0.2) is 0 Å². The van der Waals surface area contributed by atoms with Crippen LogP contribution in [-0.4, -0.2) is 23.9 Å². The predicted octanol–water partition coefficient (Wildman–Crippen LogP) is 4.07. The number of amides is 1. The molecule has 0 aliphatic rings. The van der Waals surface area contributed by atoms with Crippen molar-refractivity contribution in [2.75, 3.05) is 13.1 Å². The standard InChI is InChI=1S/C16H25ClN2OS/c1-3-11-19(12-14-6-7-15(17)21-14)16(20)8-5-13(4-2)9-10-18/h3,6-7,13H,1,4-5,8-12,18H2,2H3. The summed E-state index contributed by atoms with van der Waals surface area (Å²) in [6.07, 6.45) is 5.32. The first kappa shape index (κ1) is 18.2. The van der Waals surface area contributed by atoms with Gasteiger partial charge in [-0.15, -0.1) is 17.9 Å². The molecule has 3 nitrogen and oxygen atoms in total. The molecule has 0 aromatic carbocycles. The number of halogens is 1. The quantitative estimate of drug-likeness (QED) is 0.658. The fourth-order valence-corrected chi connectivity index (χ4v) is 3.41. The van der Waals surface area contributed by atoms with E-state index < -0.39 is 0 Å². The minimum Gasteiger partial charge on any atom is -0.334 e. The van der Waals surface area contributed by atoms with Crippen LogP contribution < -0.4 is 5.73 Å². The summed E-state index contributed by atoms with van der Waals surface area (Å²) in [5.74, 6) is 0.718. The number of thiophene rings is 1. The second-order valence-corrected chi connectivity index (χ2v) is 6.96. The van der Waals surface area contributed by atoms with Gasteiger partial charge >= 0.3 is 0 Å². The molecule has 0 aliphatic carbocycles. The smallest absolute Gasteiger partial charge is 0.223 e. The topological polar surface area (TPSA) is 46.3 Å². The maximum atomic E-state index is 12.4. The highest BCUT2D eigenvalue weighted by molar-refractivity contribution is 7.16. The molecule has 0 saturated carbocycles. The summed E-state index contributed by atoms with van der Waals surface area (Å²) in [4.78, 5) is 15.3. The van der Waals surface area contributed by atoms with E-state index in [4.69, 9.17) is 17.3 Å². The van der Waals surface area contributed by atoms with Crippen LogP contribution in [0.3, 0.4) is 0 Å². The second kappa shape index (κ2) is 9.98. The van der Waals surface area contributed by atoms with Crippen LogP contribution in [0.15, 0.2) is 24.8 Å². The van der Waals surface area contributed by atoms with E-state index in [1.807, 2.05) is 17.0 Å². The van der Waals surface area contributed by atoms with E-state index in [0.717, 1.165) is 28.5 Å². The summed E-state index contributed by atoms with van der Waals surface area (Å²) in [6, 6.07) is 3.84. The molecule has 1 aromatic heterocycles. The molecule has 0 saturated heterocycles. The summed E-state index contributed by atoms with van der Waals surface area (Å²) < 4.78 is 0.755. The van der Waals surface area contributed by atoms with E-state index in [1.165, 1.54) is 11.3 Å². The maximum absolute atomic E-state index is 12.4. The Balaban J connectivity index is 2.54. The fourth-order valence-electron chi connectivity index (χ4n) is 2.31. The fraction of sp³-hybridized carbons (Fsp3) is 0.562. The van der Waals surface area contributed by atoms with E-state index >= 15 is 0 Å². The number of hydrogen-bond donors (Lipinski definition) is 1. The van der Waals surface area contributed by atoms with Gasteiger partial charge in [-0.1, -0.05) is 31.0 Å². The van der Waals surface area contributed by atoms with Crippen molar-refractivity contribution >= 4 is 28.8 Å². The first-order chi connectivity index (χ1) is 10.1. The van der Waals surface area contributed by atoms with Crippen LogP contribution >= 0.6 is 22.9 Å². The largest absolute Gasteiger partial charge is 0.334 e. The van der Waals surface area contributed by atoms with Gasteiger partial charge in [0.2, 0.25) is 5.91 Å². The number of nitrogens with two attached hydrogens (primary N) is 1. The zero-order valence-electron chi connectivity index (χ0n) is 12.7. The van der Waals surface area contributed by atoms with Crippen molar-refractivity contribution in [2.24, 2.45) is 11.7 Å². The van der Waals surface area contributed by atoms with Crippen LogP contribution in [0.5, 0.6) is 0 Å². The Morgan fingerprint density at radius 3 is 2.81 bits per heavy atom. The lowest BCUT2D eigenvalue weighted by atomic mass is 9.96. The number of nitrogens with zero attached hydrogens (tertiary/aromatic N) is 1. The van der Waals surface area contributed by atoms with E-state index in [-0.39, 0.29) is 5.91 Å². The number of carbonyl (C=O) groups is 1. The molecule has 21 heavy (non-hydrogen) atoms. The zero-order chi connectivity index (χ0) is 15.7. The second-order valence-electron chi connectivity index (χ2n) is 5.16. The highest BCUT2D eigenvalue weighted by Gasteiger charge is 2.15. The van der Waals surface area contributed by atoms with E-state index in [0.29, 0.717) is 32.0 Å². The molecular formula is C16H25ClN2OS. The summed E-state index contributed by atoms with van der Waals surface area (Å²) in [6.45, 7) is 7.76. The van der Waals surface area contributed by atoms with Crippen LogP contribution in [0.25, 0.3) is 0 Å². The first-order valence-corrected chi connectivity index (χ1v) is 8.63. The van der Waals surface area contributed by atoms with Gasteiger partial charge in [-0.25, -0.2) is 0 Å². The average molecular weight is 329 g/mol. The van der Waals surface area contributed by atoms with Crippen molar-refractivity contribution in [1.29, 1.82) is 0 Å². The Bertz CT molecular complexity index is 447. The van der Waals surface area contributed by atoms with Gasteiger partial charge in [0.1, 0.15) is 0 Å². The normalized spacial score (nSPS) is 12.1. The minimum absolute atomic E-state index is 0.176. The van der Waals surface area contributed by atoms with Crippen molar-refractivity contribution in [2.45, 2.75) is 39.2 Å². The van der Waals surface area contributed by atoms with Crippen LogP contribution in [0.1, 0.15) is 37.5 Å². The molecule has 1 amide bonds. The molecule has 0 fully saturated rings. The molecule has 118 valence electrons. The highest BCUT2D eigenvalue weighted by Crippen LogP contribution is 2.23. The molecule has 5 heteroatoms. The van der Waals surface area contributed by atoms with Crippen LogP contribution in [-0.2, 0) is 11.3 Å². The third-order valence-corrected chi connectivity index (χ3v) is 4.81. The van der Waals surface area contributed by atoms with Gasteiger partial charge in [0, 0.05) is 17.8 Å². The van der Waals surface area contributed by atoms with Crippen LogP contribution in [0, 0.1) is 5.92 Å². The first-order valence-electron chi connectivity index (χ1n) is 7.43. The Labute approximate surface area is 136 Å². The predicted molar refractivity (Wildman–Crippen MR) is 91.6 cm³/mol. The van der Waals surface area contributed by atoms with Crippen LogP contribution in [0.2, 0.25) is 4.34 Å². The summed E-state index contributed by atoms with van der Waals surface area (Å²) in [7, 11) is 0. The molecule has 1 unspecified atom stereocenters. The maximum Gasteiger partial charge on any atom is 0.223 e. The van der Waals surface area contributed by atoms with Gasteiger partial charge in [-0.2, -0.15) is 0 Å². The molecule has 0 aliphatic heterocycles. The molecule has 0 bridgehead atoms. The van der Waals surface area contributed by atoms with Crippen LogP contribution in [0.4, 0.5) is 0 Å². The third-order valence-electron chi connectivity index (χ3n) is 3.60. The molecule has 1 atom stereocenters. The Morgan fingerprint density at radius 1 is 1.52 bits per heavy atom. The molecule has 0 spiro atoms. The lowest BCUT2D eigenvalue weighted by molar-refractivity contribution is -0.131. The minimum atomic E-state index is 0.176. The Hall–Kier alpha value is -0.840. The van der Waals surface area contributed by atoms with Gasteiger partial charge in [0.25, 0.3) is 0 Å². The van der Waals surface area contributed by atoms with Gasteiger partial charge in [-0.05, 0) is 37.4 Å². The highest BCUT2D eigenvalue weighted by atomic mass is 35.5. The van der Waals surface area contributed by atoms with E-state index in [9.17, 15) is 4.79 Å². The van der Waals surface area contributed by atoms with E-state index in [1.54, 1.807) is 6.08 Å². The van der Waals surface area contributed by atoms with Gasteiger partial charge in [0.05, 0.1) is 10.9 Å². The number of rotatable bonds is 10. The van der Waals surface area contributed by atoms with Crippen molar-refractivity contribution in [3.8, 4) is 0 Å². The lowest BCUT2D eigenvalue weighted by Gasteiger charge is -2.22. The number of hydrogen-bond acceptors (Lipinski definition) is 3. The lowest BCUT2D eigenvalue weighted by Crippen LogP contribution is -2.30. The molecule has 1 rings (SSSR count). The molecular weight excluding hydrogens is 304 g/mol. The average Bonchev–Trinajstić information content (AvgIpc) is 2.88. The molecule has 1 heterocycles. The Morgan fingerprint density at radius 2 is 2.29 bits per heavy atom. The van der Waals surface area contributed by atoms with E-state index in [2.05, 4.69) is 13.5 Å². The molecule has 0 radical (unpaired) electrons. The van der Waals surface area contributed by atoms with Crippen molar-refractivity contribution < 1.29 is 4.79 Å². The van der Waals surface area contributed by atoms with Gasteiger partial charge in [-0.3, -0.25) is 4.79 Å².